The number of hydrogen-bond donors (Lipinski definition) is 2. The largest absolute Gasteiger partial charge is 0.354 e. The van der Waals surface area contributed by atoms with E-state index in [4.69, 9.17) is 23.2 Å². The van der Waals surface area contributed by atoms with Gasteiger partial charge in [-0.1, -0.05) is 23.2 Å². The van der Waals surface area contributed by atoms with Crippen molar-refractivity contribution in [2.75, 3.05) is 5.32 Å². The smallest absolute Gasteiger partial charge is 0.227 e. The van der Waals surface area contributed by atoms with E-state index in [-0.39, 0.29) is 29.7 Å². The fraction of sp³-hybridized carbons (Fsp3) is 0.529. The number of carbonyl (C=O) groups is 2. The lowest BCUT2D eigenvalue weighted by Crippen LogP contribution is -2.38. The lowest BCUT2D eigenvalue weighted by atomic mass is 9.81. The van der Waals surface area contributed by atoms with Crippen molar-refractivity contribution in [2.24, 2.45) is 11.8 Å². The molecule has 0 atom stereocenters. The van der Waals surface area contributed by atoms with E-state index < -0.39 is 0 Å². The maximum Gasteiger partial charge on any atom is 0.227 e. The van der Waals surface area contributed by atoms with E-state index in [1.807, 2.05) is 13.8 Å². The number of benzene rings is 1. The first-order valence-electron chi connectivity index (χ1n) is 7.93. The predicted molar refractivity (Wildman–Crippen MR) is 93.8 cm³/mol. The number of rotatable bonds is 4. The van der Waals surface area contributed by atoms with Gasteiger partial charge in [0.1, 0.15) is 0 Å². The number of hydrogen-bond acceptors (Lipinski definition) is 2. The van der Waals surface area contributed by atoms with Crippen molar-refractivity contribution in [1.82, 2.24) is 5.32 Å². The minimum atomic E-state index is -0.0788. The van der Waals surface area contributed by atoms with Crippen LogP contribution in [0.15, 0.2) is 18.2 Å². The van der Waals surface area contributed by atoms with Crippen molar-refractivity contribution in [3.8, 4) is 0 Å². The van der Waals surface area contributed by atoms with Crippen molar-refractivity contribution in [2.45, 2.75) is 45.6 Å². The molecule has 1 aromatic carbocycles. The van der Waals surface area contributed by atoms with Gasteiger partial charge in [-0.25, -0.2) is 0 Å². The quantitative estimate of drug-likeness (QED) is 0.846. The van der Waals surface area contributed by atoms with Crippen LogP contribution in [0.5, 0.6) is 0 Å². The zero-order valence-corrected chi connectivity index (χ0v) is 14.9. The fourth-order valence-corrected chi connectivity index (χ4v) is 3.30. The van der Waals surface area contributed by atoms with Gasteiger partial charge in [0.25, 0.3) is 0 Å². The molecule has 0 aromatic heterocycles. The van der Waals surface area contributed by atoms with Crippen LogP contribution in [0.25, 0.3) is 0 Å². The summed E-state index contributed by atoms with van der Waals surface area (Å²) in [7, 11) is 0. The molecule has 0 heterocycles. The summed E-state index contributed by atoms with van der Waals surface area (Å²) < 4.78 is 0. The number of nitrogens with one attached hydrogen (secondary N) is 2. The molecule has 23 heavy (non-hydrogen) atoms. The molecule has 0 radical (unpaired) electrons. The molecule has 2 rings (SSSR count). The molecular weight excluding hydrogens is 335 g/mol. The second kappa shape index (κ2) is 8.02. The SMILES string of the molecule is CC(C)NC(=O)C1CCC(C(=O)Nc2ccc(Cl)cc2Cl)CC1. The van der Waals surface area contributed by atoms with Crippen LogP contribution < -0.4 is 10.6 Å². The van der Waals surface area contributed by atoms with Gasteiger partial charge in [0.05, 0.1) is 10.7 Å². The van der Waals surface area contributed by atoms with Crippen LogP contribution in [0.2, 0.25) is 10.0 Å². The highest BCUT2D eigenvalue weighted by Gasteiger charge is 2.30. The van der Waals surface area contributed by atoms with Crippen molar-refractivity contribution in [3.63, 3.8) is 0 Å². The van der Waals surface area contributed by atoms with E-state index in [1.165, 1.54) is 0 Å². The summed E-state index contributed by atoms with van der Waals surface area (Å²) in [5.41, 5.74) is 0.570. The van der Waals surface area contributed by atoms with Crippen molar-refractivity contribution in [1.29, 1.82) is 0 Å². The van der Waals surface area contributed by atoms with Crippen molar-refractivity contribution in [3.05, 3.63) is 28.2 Å². The molecule has 0 aliphatic heterocycles. The summed E-state index contributed by atoms with van der Waals surface area (Å²) in [5, 5.41) is 6.75. The zero-order valence-electron chi connectivity index (χ0n) is 13.4. The van der Waals surface area contributed by atoms with Gasteiger partial charge in [0.2, 0.25) is 11.8 Å². The van der Waals surface area contributed by atoms with Gasteiger partial charge in [0.15, 0.2) is 0 Å². The summed E-state index contributed by atoms with van der Waals surface area (Å²) in [6, 6.07) is 5.14. The molecule has 1 aliphatic carbocycles. The van der Waals surface area contributed by atoms with Gasteiger partial charge in [-0.15, -0.1) is 0 Å². The molecule has 1 fully saturated rings. The Balaban J connectivity index is 1.87. The molecule has 0 bridgehead atoms. The maximum absolute atomic E-state index is 12.4. The zero-order chi connectivity index (χ0) is 17.0. The second-order valence-electron chi connectivity index (χ2n) is 6.33. The minimum Gasteiger partial charge on any atom is -0.354 e. The Kier molecular flexibility index (Phi) is 6.31. The average Bonchev–Trinajstić information content (AvgIpc) is 2.49. The predicted octanol–water partition coefficient (Wildman–Crippen LogP) is 4.26. The van der Waals surface area contributed by atoms with Crippen LogP contribution in [-0.4, -0.2) is 17.9 Å². The van der Waals surface area contributed by atoms with Crippen LogP contribution in [0.1, 0.15) is 39.5 Å². The number of carbonyl (C=O) groups excluding carboxylic acids is 2. The molecular formula is C17H22Cl2N2O2. The average molecular weight is 357 g/mol. The lowest BCUT2D eigenvalue weighted by Gasteiger charge is -2.27. The van der Waals surface area contributed by atoms with Crippen LogP contribution in [0.3, 0.4) is 0 Å². The molecule has 2 amide bonds. The van der Waals surface area contributed by atoms with Crippen LogP contribution in [0.4, 0.5) is 5.69 Å². The molecule has 0 saturated heterocycles. The van der Waals surface area contributed by atoms with E-state index in [1.54, 1.807) is 18.2 Å². The summed E-state index contributed by atoms with van der Waals surface area (Å²) in [4.78, 5) is 24.4. The monoisotopic (exact) mass is 356 g/mol. The fourth-order valence-electron chi connectivity index (χ4n) is 2.85. The Hall–Kier alpha value is -1.26. The molecule has 4 nitrogen and oxygen atoms in total. The van der Waals surface area contributed by atoms with Gasteiger partial charge in [-0.3, -0.25) is 9.59 Å². The summed E-state index contributed by atoms with van der Waals surface area (Å²) in [6.07, 6.45) is 2.91. The Morgan fingerprint density at radius 3 is 2.13 bits per heavy atom. The van der Waals surface area contributed by atoms with E-state index in [2.05, 4.69) is 10.6 Å². The van der Waals surface area contributed by atoms with Gasteiger partial charge in [-0.2, -0.15) is 0 Å². The van der Waals surface area contributed by atoms with Gasteiger partial charge >= 0.3 is 0 Å². The van der Waals surface area contributed by atoms with E-state index in [9.17, 15) is 9.59 Å². The molecule has 1 saturated carbocycles. The van der Waals surface area contributed by atoms with Gasteiger partial charge < -0.3 is 10.6 Å². The van der Waals surface area contributed by atoms with Crippen molar-refractivity contribution < 1.29 is 9.59 Å². The molecule has 2 N–H and O–H groups in total. The Morgan fingerprint density at radius 2 is 1.61 bits per heavy atom. The molecule has 0 unspecified atom stereocenters. The summed E-state index contributed by atoms with van der Waals surface area (Å²) >= 11 is 11.9. The lowest BCUT2D eigenvalue weighted by molar-refractivity contribution is -0.128. The van der Waals surface area contributed by atoms with E-state index in [0.29, 0.717) is 28.6 Å². The Morgan fingerprint density at radius 1 is 1.04 bits per heavy atom. The minimum absolute atomic E-state index is 0.0144. The normalized spacial score (nSPS) is 21.1. The van der Waals surface area contributed by atoms with Crippen LogP contribution in [-0.2, 0) is 9.59 Å². The van der Waals surface area contributed by atoms with Crippen LogP contribution in [0, 0.1) is 11.8 Å². The molecule has 1 aliphatic rings. The highest BCUT2D eigenvalue weighted by molar-refractivity contribution is 6.36. The third kappa shape index (κ3) is 5.11. The molecule has 0 spiro atoms. The maximum atomic E-state index is 12.4. The first kappa shape index (κ1) is 18.1. The summed E-state index contributed by atoms with van der Waals surface area (Å²) in [5.74, 6) is -0.0121. The molecule has 126 valence electrons. The summed E-state index contributed by atoms with van der Waals surface area (Å²) in [6.45, 7) is 3.90. The number of amides is 2. The number of halogens is 2. The van der Waals surface area contributed by atoms with Gasteiger partial charge in [0, 0.05) is 22.9 Å². The second-order valence-corrected chi connectivity index (χ2v) is 7.17. The number of anilines is 1. The first-order chi connectivity index (χ1) is 10.9. The highest BCUT2D eigenvalue weighted by atomic mass is 35.5. The molecule has 6 heteroatoms. The first-order valence-corrected chi connectivity index (χ1v) is 8.68. The van der Waals surface area contributed by atoms with Crippen LogP contribution >= 0.6 is 23.2 Å². The third-order valence-corrected chi connectivity index (χ3v) is 4.64. The van der Waals surface area contributed by atoms with E-state index >= 15 is 0 Å². The van der Waals surface area contributed by atoms with Gasteiger partial charge in [-0.05, 0) is 57.7 Å². The highest BCUT2D eigenvalue weighted by Crippen LogP contribution is 2.31. The van der Waals surface area contributed by atoms with Crippen molar-refractivity contribution >= 4 is 40.7 Å². The Bertz CT molecular complexity index is 582. The Labute approximate surface area is 146 Å². The third-order valence-electron chi connectivity index (χ3n) is 4.09. The standard InChI is InChI=1S/C17H22Cl2N2O2/c1-10(2)20-16(22)11-3-5-12(6-4-11)17(23)21-15-8-7-13(18)9-14(15)19/h7-12H,3-6H2,1-2H3,(H,20,22)(H,21,23). The van der Waals surface area contributed by atoms with E-state index in [0.717, 1.165) is 12.8 Å². The topological polar surface area (TPSA) is 58.2 Å². The molecule has 1 aromatic rings.